The van der Waals surface area contributed by atoms with E-state index in [1.165, 1.54) is 12.8 Å². The van der Waals surface area contributed by atoms with Crippen molar-refractivity contribution < 1.29 is 4.74 Å². The molecule has 5 heteroatoms. The van der Waals surface area contributed by atoms with Crippen LogP contribution < -0.4 is 5.56 Å². The number of aromatic nitrogens is 2. The van der Waals surface area contributed by atoms with Crippen molar-refractivity contribution in [1.82, 2.24) is 14.7 Å². The minimum atomic E-state index is 0.00468. The molecule has 2 atom stereocenters. The molecule has 0 spiro atoms. The lowest BCUT2D eigenvalue weighted by Crippen LogP contribution is -2.53. The van der Waals surface area contributed by atoms with Crippen LogP contribution in [0.4, 0.5) is 0 Å². The van der Waals surface area contributed by atoms with Crippen LogP contribution in [0.3, 0.4) is 0 Å². The van der Waals surface area contributed by atoms with Gasteiger partial charge in [-0.1, -0.05) is 31.0 Å². The average molecular weight is 313 g/mol. The number of rotatable bonds is 2. The number of fused-ring (bicyclic) bond motifs is 2. The summed E-state index contributed by atoms with van der Waals surface area (Å²) in [6, 6.07) is 8.16. The average Bonchev–Trinajstić information content (AvgIpc) is 2.60. The maximum Gasteiger partial charge on any atom is 0.275 e. The highest BCUT2D eigenvalue weighted by molar-refractivity contribution is 5.83. The molecule has 2 aromatic rings. The minimum absolute atomic E-state index is 0.00468. The molecule has 1 aromatic heterocycles. The predicted molar refractivity (Wildman–Crippen MR) is 89.4 cm³/mol. The topological polar surface area (TPSA) is 47.4 Å². The summed E-state index contributed by atoms with van der Waals surface area (Å²) < 4.78 is 7.56. The number of aryl methyl sites for hydroxylation is 1. The quantitative estimate of drug-likeness (QED) is 0.853. The molecule has 0 bridgehead atoms. The van der Waals surface area contributed by atoms with Crippen molar-refractivity contribution in [3.8, 4) is 0 Å². The standard InChI is InChI=1S/C18H23N3O2/c1-13-14-6-2-3-7-15(14)18(22)21(19-13)12-20-10-11-23-17-9-5-4-8-16(17)20/h2-3,6-7,16-17H,4-5,8-12H2,1H3/t16-,17+/m0/s1. The van der Waals surface area contributed by atoms with Crippen LogP contribution >= 0.6 is 0 Å². The van der Waals surface area contributed by atoms with Gasteiger partial charge in [-0.2, -0.15) is 5.10 Å². The minimum Gasteiger partial charge on any atom is -0.375 e. The van der Waals surface area contributed by atoms with Crippen LogP contribution in [0.2, 0.25) is 0 Å². The van der Waals surface area contributed by atoms with E-state index in [0.29, 0.717) is 18.8 Å². The summed E-state index contributed by atoms with van der Waals surface area (Å²) >= 11 is 0. The van der Waals surface area contributed by atoms with Crippen molar-refractivity contribution in [2.45, 2.75) is 51.4 Å². The number of benzene rings is 1. The first kappa shape index (κ1) is 14.8. The van der Waals surface area contributed by atoms with Crippen molar-refractivity contribution in [2.24, 2.45) is 0 Å². The Balaban J connectivity index is 1.67. The van der Waals surface area contributed by atoms with Crippen LogP contribution in [0.5, 0.6) is 0 Å². The Labute approximate surface area is 135 Å². The van der Waals surface area contributed by atoms with Crippen LogP contribution in [-0.4, -0.2) is 40.0 Å². The summed E-state index contributed by atoms with van der Waals surface area (Å²) in [5.74, 6) is 0. The second-order valence-electron chi connectivity index (χ2n) is 6.65. The fourth-order valence-corrected chi connectivity index (χ4v) is 4.02. The van der Waals surface area contributed by atoms with E-state index in [2.05, 4.69) is 10.00 Å². The van der Waals surface area contributed by atoms with Gasteiger partial charge in [0.1, 0.15) is 0 Å². The maximum atomic E-state index is 12.8. The van der Waals surface area contributed by atoms with Gasteiger partial charge < -0.3 is 4.74 Å². The van der Waals surface area contributed by atoms with E-state index in [1.54, 1.807) is 4.68 Å². The Morgan fingerprint density at radius 2 is 2.00 bits per heavy atom. The van der Waals surface area contributed by atoms with Crippen LogP contribution in [0.15, 0.2) is 29.1 Å². The van der Waals surface area contributed by atoms with Crippen LogP contribution in [0.25, 0.3) is 10.8 Å². The zero-order valence-electron chi connectivity index (χ0n) is 13.6. The first-order valence-electron chi connectivity index (χ1n) is 8.56. The molecule has 1 saturated carbocycles. The van der Waals surface area contributed by atoms with Crippen LogP contribution in [0, 0.1) is 6.92 Å². The molecule has 2 aliphatic rings. The van der Waals surface area contributed by atoms with Gasteiger partial charge >= 0.3 is 0 Å². The number of hydrogen-bond donors (Lipinski definition) is 0. The SMILES string of the molecule is Cc1nn(CN2CCO[C@@H]3CCCC[C@@H]32)c(=O)c2ccccc12. The Morgan fingerprint density at radius 3 is 2.87 bits per heavy atom. The summed E-state index contributed by atoms with van der Waals surface area (Å²) in [5.41, 5.74) is 0.915. The van der Waals surface area contributed by atoms with Crippen molar-refractivity contribution in [1.29, 1.82) is 0 Å². The molecule has 1 aliphatic heterocycles. The van der Waals surface area contributed by atoms with E-state index >= 15 is 0 Å². The van der Waals surface area contributed by atoms with E-state index in [4.69, 9.17) is 4.74 Å². The second-order valence-corrected chi connectivity index (χ2v) is 6.65. The van der Waals surface area contributed by atoms with Crippen molar-refractivity contribution in [3.63, 3.8) is 0 Å². The van der Waals surface area contributed by atoms with Gasteiger partial charge in [0, 0.05) is 18.0 Å². The van der Waals surface area contributed by atoms with Gasteiger partial charge in [-0.15, -0.1) is 0 Å². The van der Waals surface area contributed by atoms with Gasteiger partial charge in [0.25, 0.3) is 5.56 Å². The molecule has 2 fully saturated rings. The van der Waals surface area contributed by atoms with Gasteiger partial charge in [-0.3, -0.25) is 9.69 Å². The molecule has 1 saturated heterocycles. The smallest absolute Gasteiger partial charge is 0.275 e. The maximum absolute atomic E-state index is 12.8. The summed E-state index contributed by atoms with van der Waals surface area (Å²) in [5, 5.41) is 6.26. The van der Waals surface area contributed by atoms with Crippen molar-refractivity contribution in [3.05, 3.63) is 40.3 Å². The third-order valence-electron chi connectivity index (χ3n) is 5.22. The number of morpholine rings is 1. The fourth-order valence-electron chi connectivity index (χ4n) is 4.02. The predicted octanol–water partition coefficient (Wildman–Crippen LogP) is 2.31. The molecule has 0 amide bonds. The Hall–Kier alpha value is -1.72. The molecule has 0 unspecified atom stereocenters. The molecule has 122 valence electrons. The normalized spacial score (nSPS) is 25.4. The summed E-state index contributed by atoms with van der Waals surface area (Å²) in [7, 11) is 0. The first-order chi connectivity index (χ1) is 11.2. The first-order valence-corrected chi connectivity index (χ1v) is 8.56. The summed E-state index contributed by atoms with van der Waals surface area (Å²) in [6.07, 6.45) is 5.13. The van der Waals surface area contributed by atoms with Gasteiger partial charge in [0.05, 0.1) is 30.5 Å². The number of hydrogen-bond acceptors (Lipinski definition) is 4. The molecule has 0 radical (unpaired) electrons. The highest BCUT2D eigenvalue weighted by Crippen LogP contribution is 2.28. The largest absolute Gasteiger partial charge is 0.375 e. The van der Waals surface area contributed by atoms with E-state index in [-0.39, 0.29) is 5.56 Å². The van der Waals surface area contributed by atoms with E-state index < -0.39 is 0 Å². The molecule has 1 aromatic carbocycles. The lowest BCUT2D eigenvalue weighted by molar-refractivity contribution is -0.0996. The van der Waals surface area contributed by atoms with Gasteiger partial charge in [0.2, 0.25) is 0 Å². The highest BCUT2D eigenvalue weighted by atomic mass is 16.5. The monoisotopic (exact) mass is 313 g/mol. The highest BCUT2D eigenvalue weighted by Gasteiger charge is 2.34. The third kappa shape index (κ3) is 2.68. The third-order valence-corrected chi connectivity index (χ3v) is 5.22. The second kappa shape index (κ2) is 6.06. The lowest BCUT2D eigenvalue weighted by atomic mass is 9.90. The zero-order chi connectivity index (χ0) is 15.8. The summed E-state index contributed by atoms with van der Waals surface area (Å²) in [4.78, 5) is 15.1. The van der Waals surface area contributed by atoms with E-state index in [1.807, 2.05) is 31.2 Å². The molecule has 4 rings (SSSR count). The molecule has 2 heterocycles. The van der Waals surface area contributed by atoms with Crippen LogP contribution in [0.1, 0.15) is 31.4 Å². The lowest BCUT2D eigenvalue weighted by Gasteiger charge is -2.43. The molecular formula is C18H23N3O2. The summed E-state index contributed by atoms with van der Waals surface area (Å²) in [6.45, 7) is 4.17. The van der Waals surface area contributed by atoms with Gasteiger partial charge in [-0.25, -0.2) is 4.68 Å². The molecular weight excluding hydrogens is 290 g/mol. The van der Waals surface area contributed by atoms with Gasteiger partial charge in [-0.05, 0) is 25.8 Å². The molecule has 0 N–H and O–H groups in total. The van der Waals surface area contributed by atoms with Crippen molar-refractivity contribution >= 4 is 10.8 Å². The zero-order valence-corrected chi connectivity index (χ0v) is 13.6. The Morgan fingerprint density at radius 1 is 1.22 bits per heavy atom. The van der Waals surface area contributed by atoms with E-state index in [9.17, 15) is 4.79 Å². The molecule has 5 nitrogen and oxygen atoms in total. The van der Waals surface area contributed by atoms with Crippen molar-refractivity contribution in [2.75, 3.05) is 13.2 Å². The van der Waals surface area contributed by atoms with Gasteiger partial charge in [0.15, 0.2) is 0 Å². The number of nitrogens with zero attached hydrogens (tertiary/aromatic N) is 3. The fraction of sp³-hybridized carbons (Fsp3) is 0.556. The molecule has 1 aliphatic carbocycles. The number of ether oxygens (including phenoxy) is 1. The Bertz CT molecular complexity index is 768. The van der Waals surface area contributed by atoms with E-state index in [0.717, 1.165) is 42.5 Å². The molecule has 23 heavy (non-hydrogen) atoms. The van der Waals surface area contributed by atoms with Crippen LogP contribution in [-0.2, 0) is 11.4 Å². The Kier molecular flexibility index (Phi) is 3.91.